The van der Waals surface area contributed by atoms with Crippen LogP contribution in [0.2, 0.25) is 0 Å². The molecular formula is C15H16F2N4O4. The first-order valence-corrected chi connectivity index (χ1v) is 7.24. The number of ether oxygens (including phenoxy) is 1. The molecule has 8 nitrogen and oxygen atoms in total. The number of esters is 1. The SMILES string of the molecule is COC(=O)/C=C/CNC(=O)c1cc(=O)[nH]c2nn(CC(F)F)c(C)c12. The van der Waals surface area contributed by atoms with Crippen LogP contribution in [0.5, 0.6) is 0 Å². The second-order valence-corrected chi connectivity index (χ2v) is 5.07. The smallest absolute Gasteiger partial charge is 0.330 e. The van der Waals surface area contributed by atoms with Gasteiger partial charge < -0.3 is 15.0 Å². The predicted octanol–water partition coefficient (Wildman–Crippen LogP) is 0.757. The van der Waals surface area contributed by atoms with Gasteiger partial charge in [-0.15, -0.1) is 0 Å². The number of hydrogen-bond acceptors (Lipinski definition) is 5. The number of alkyl halides is 2. The van der Waals surface area contributed by atoms with E-state index in [1.165, 1.54) is 20.1 Å². The highest BCUT2D eigenvalue weighted by molar-refractivity contribution is 6.06. The van der Waals surface area contributed by atoms with Crippen LogP contribution < -0.4 is 10.9 Å². The largest absolute Gasteiger partial charge is 0.466 e. The molecule has 2 heterocycles. The molecule has 0 saturated carbocycles. The Morgan fingerprint density at radius 3 is 2.84 bits per heavy atom. The van der Waals surface area contributed by atoms with Crippen LogP contribution in [0.3, 0.4) is 0 Å². The molecule has 2 rings (SSSR count). The van der Waals surface area contributed by atoms with Gasteiger partial charge in [0.1, 0.15) is 6.54 Å². The second kappa shape index (κ2) is 7.69. The van der Waals surface area contributed by atoms with Crippen LogP contribution >= 0.6 is 0 Å². The number of halogens is 2. The Morgan fingerprint density at radius 1 is 1.48 bits per heavy atom. The van der Waals surface area contributed by atoms with Gasteiger partial charge in [0.2, 0.25) is 5.56 Å². The summed E-state index contributed by atoms with van der Waals surface area (Å²) in [4.78, 5) is 37.4. The normalized spacial score (nSPS) is 11.4. The molecule has 2 N–H and O–H groups in total. The summed E-state index contributed by atoms with van der Waals surface area (Å²) in [5, 5.41) is 6.70. The van der Waals surface area contributed by atoms with Gasteiger partial charge in [-0.05, 0) is 6.92 Å². The Morgan fingerprint density at radius 2 is 2.20 bits per heavy atom. The fourth-order valence-corrected chi connectivity index (χ4v) is 2.27. The zero-order valence-corrected chi connectivity index (χ0v) is 13.5. The van der Waals surface area contributed by atoms with E-state index < -0.39 is 30.4 Å². The molecule has 0 saturated heterocycles. The third-order valence-corrected chi connectivity index (χ3v) is 3.38. The summed E-state index contributed by atoms with van der Waals surface area (Å²) in [6.07, 6.45) is -0.110. The minimum absolute atomic E-state index is 0.0169. The summed E-state index contributed by atoms with van der Waals surface area (Å²) >= 11 is 0. The molecule has 0 aromatic carbocycles. The zero-order chi connectivity index (χ0) is 18.6. The number of nitrogens with zero attached hydrogens (tertiary/aromatic N) is 2. The number of fused-ring (bicyclic) bond motifs is 1. The van der Waals surface area contributed by atoms with Gasteiger partial charge in [0.25, 0.3) is 12.3 Å². The quantitative estimate of drug-likeness (QED) is 0.588. The standard InChI is InChI=1S/C15H16F2N4O4/c1-8-13-9(15(24)18-5-3-4-12(23)25-2)6-11(22)19-14(13)20-21(8)7-10(16)17/h3-4,6,10H,5,7H2,1-2H3,(H,18,24)(H,19,20,22)/b4-3+. The molecule has 0 spiro atoms. The van der Waals surface area contributed by atoms with Crippen molar-refractivity contribution in [3.05, 3.63) is 39.8 Å². The summed E-state index contributed by atoms with van der Waals surface area (Å²) in [7, 11) is 1.22. The Bertz CT molecular complexity index is 886. The minimum atomic E-state index is -2.62. The van der Waals surface area contributed by atoms with Crippen LogP contribution in [0.1, 0.15) is 16.1 Å². The zero-order valence-electron chi connectivity index (χ0n) is 13.5. The lowest BCUT2D eigenvalue weighted by Gasteiger charge is -2.05. The van der Waals surface area contributed by atoms with E-state index >= 15 is 0 Å². The highest BCUT2D eigenvalue weighted by Crippen LogP contribution is 2.20. The molecule has 0 fully saturated rings. The number of aromatic nitrogens is 3. The number of hydrogen-bond donors (Lipinski definition) is 2. The van der Waals surface area contributed by atoms with Crippen molar-refractivity contribution >= 4 is 22.9 Å². The van der Waals surface area contributed by atoms with E-state index in [-0.39, 0.29) is 23.1 Å². The molecule has 2 aromatic rings. The first-order valence-electron chi connectivity index (χ1n) is 7.24. The third-order valence-electron chi connectivity index (χ3n) is 3.38. The number of pyridine rings is 1. The van der Waals surface area contributed by atoms with Gasteiger partial charge in [-0.3, -0.25) is 14.3 Å². The molecule has 25 heavy (non-hydrogen) atoms. The van der Waals surface area contributed by atoms with Gasteiger partial charge in [0.05, 0.1) is 18.1 Å². The van der Waals surface area contributed by atoms with Crippen molar-refractivity contribution in [2.24, 2.45) is 0 Å². The molecule has 134 valence electrons. The third kappa shape index (κ3) is 4.28. The van der Waals surface area contributed by atoms with Crippen LogP contribution in [-0.2, 0) is 16.1 Å². The molecule has 0 bridgehead atoms. The summed E-state index contributed by atoms with van der Waals surface area (Å²) in [6, 6.07) is 1.07. The van der Waals surface area contributed by atoms with E-state index in [0.717, 1.165) is 16.8 Å². The molecule has 2 aromatic heterocycles. The Kier molecular flexibility index (Phi) is 5.63. The van der Waals surface area contributed by atoms with Gasteiger partial charge in [-0.2, -0.15) is 5.10 Å². The molecule has 10 heteroatoms. The number of amides is 1. The van der Waals surface area contributed by atoms with Crippen LogP contribution in [0.15, 0.2) is 23.0 Å². The summed E-state index contributed by atoms with van der Waals surface area (Å²) in [5.41, 5.74) is -0.171. The molecule has 0 aliphatic heterocycles. The van der Waals surface area contributed by atoms with Crippen molar-refractivity contribution in [2.75, 3.05) is 13.7 Å². The number of aromatic amines is 1. The van der Waals surface area contributed by atoms with Gasteiger partial charge in [0, 0.05) is 24.4 Å². The molecular weight excluding hydrogens is 338 g/mol. The maximum atomic E-state index is 12.6. The van der Waals surface area contributed by atoms with Crippen molar-refractivity contribution in [1.29, 1.82) is 0 Å². The van der Waals surface area contributed by atoms with Gasteiger partial charge in [0.15, 0.2) is 5.65 Å². The van der Waals surface area contributed by atoms with Crippen LogP contribution in [0.4, 0.5) is 8.78 Å². The highest BCUT2D eigenvalue weighted by atomic mass is 19.3. The van der Waals surface area contributed by atoms with Crippen molar-refractivity contribution in [3.8, 4) is 0 Å². The highest BCUT2D eigenvalue weighted by Gasteiger charge is 2.19. The number of methoxy groups -OCH3 is 1. The summed E-state index contributed by atoms with van der Waals surface area (Å²) < 4.78 is 30.7. The number of rotatable bonds is 6. The number of nitrogens with one attached hydrogen (secondary N) is 2. The minimum Gasteiger partial charge on any atom is -0.466 e. The predicted molar refractivity (Wildman–Crippen MR) is 84.6 cm³/mol. The first-order chi connectivity index (χ1) is 11.8. The van der Waals surface area contributed by atoms with Crippen LogP contribution in [0.25, 0.3) is 11.0 Å². The lowest BCUT2D eigenvalue weighted by molar-refractivity contribution is -0.134. The Hall–Kier alpha value is -3.04. The Balaban J connectivity index is 2.31. The van der Waals surface area contributed by atoms with E-state index in [1.54, 1.807) is 0 Å². The molecule has 0 unspecified atom stereocenters. The molecule has 0 radical (unpaired) electrons. The molecule has 1 amide bonds. The average molecular weight is 354 g/mol. The van der Waals surface area contributed by atoms with Crippen molar-refractivity contribution in [2.45, 2.75) is 19.9 Å². The first kappa shape index (κ1) is 18.3. The number of carbonyl (C=O) groups is 2. The van der Waals surface area contributed by atoms with Crippen molar-refractivity contribution < 1.29 is 23.1 Å². The van der Waals surface area contributed by atoms with Gasteiger partial charge in [-0.1, -0.05) is 6.08 Å². The lowest BCUT2D eigenvalue weighted by atomic mass is 10.1. The second-order valence-electron chi connectivity index (χ2n) is 5.07. The number of carbonyl (C=O) groups excluding carboxylic acids is 2. The number of aryl methyl sites for hydroxylation is 1. The van der Waals surface area contributed by atoms with E-state index in [4.69, 9.17) is 0 Å². The maximum Gasteiger partial charge on any atom is 0.330 e. The fraction of sp³-hybridized carbons (Fsp3) is 0.333. The lowest BCUT2D eigenvalue weighted by Crippen LogP contribution is -2.25. The average Bonchev–Trinajstić information content (AvgIpc) is 2.85. The van der Waals surface area contributed by atoms with Gasteiger partial charge >= 0.3 is 5.97 Å². The van der Waals surface area contributed by atoms with Crippen LogP contribution in [-0.4, -0.2) is 46.7 Å². The number of H-pyrrole nitrogens is 1. The maximum absolute atomic E-state index is 12.6. The van der Waals surface area contributed by atoms with E-state index in [2.05, 4.69) is 20.1 Å². The summed E-state index contributed by atoms with van der Waals surface area (Å²) in [6.45, 7) is 0.905. The van der Waals surface area contributed by atoms with E-state index in [1.807, 2.05) is 0 Å². The topological polar surface area (TPSA) is 106 Å². The Labute approximate surface area is 140 Å². The van der Waals surface area contributed by atoms with E-state index in [9.17, 15) is 23.2 Å². The molecule has 0 atom stereocenters. The van der Waals surface area contributed by atoms with Crippen LogP contribution in [0, 0.1) is 6.92 Å². The monoisotopic (exact) mass is 354 g/mol. The summed E-state index contributed by atoms with van der Waals surface area (Å²) in [5.74, 6) is -1.16. The van der Waals surface area contributed by atoms with Crippen molar-refractivity contribution in [1.82, 2.24) is 20.1 Å². The molecule has 0 aliphatic rings. The molecule has 0 aliphatic carbocycles. The van der Waals surface area contributed by atoms with E-state index in [0.29, 0.717) is 5.69 Å². The fourth-order valence-electron chi connectivity index (χ4n) is 2.27. The van der Waals surface area contributed by atoms with Crippen molar-refractivity contribution in [3.63, 3.8) is 0 Å². The van der Waals surface area contributed by atoms with Gasteiger partial charge in [-0.25, -0.2) is 13.6 Å².